The van der Waals surface area contributed by atoms with E-state index < -0.39 is 0 Å². The summed E-state index contributed by atoms with van der Waals surface area (Å²) in [7, 11) is 1.66. The second-order valence-corrected chi connectivity index (χ2v) is 6.50. The van der Waals surface area contributed by atoms with Crippen molar-refractivity contribution in [3.63, 3.8) is 0 Å². The quantitative estimate of drug-likeness (QED) is 0.608. The van der Waals surface area contributed by atoms with Crippen LogP contribution in [0.3, 0.4) is 0 Å². The molecule has 0 bridgehead atoms. The third kappa shape index (κ3) is 8.75. The average Bonchev–Trinajstić information content (AvgIpc) is 2.72. The Balaban J connectivity index is 0. The number of nitrogens with zero attached hydrogens (tertiary/aromatic N) is 1. The van der Waals surface area contributed by atoms with E-state index in [4.69, 9.17) is 0 Å². The van der Waals surface area contributed by atoms with Crippen molar-refractivity contribution in [1.82, 2.24) is 10.2 Å². The maximum Gasteiger partial charge on any atom is 0.251 e. The summed E-state index contributed by atoms with van der Waals surface area (Å²) in [6.45, 7) is 21.5. The Morgan fingerprint density at radius 1 is 1.11 bits per heavy atom. The molecule has 2 rings (SSSR count). The zero-order chi connectivity index (χ0) is 20.2. The molecule has 0 saturated carbocycles. The molecule has 153 valence electrons. The van der Waals surface area contributed by atoms with Gasteiger partial charge in [-0.2, -0.15) is 12.8 Å². The van der Waals surface area contributed by atoms with Gasteiger partial charge in [-0.1, -0.05) is 39.2 Å². The predicted molar refractivity (Wildman–Crippen MR) is 114 cm³/mol. The maximum atomic E-state index is 11.7. The van der Waals surface area contributed by atoms with Crippen molar-refractivity contribution in [1.29, 1.82) is 0 Å². The van der Waals surface area contributed by atoms with Crippen molar-refractivity contribution in [3.8, 4) is 0 Å². The number of hydrogen-bond acceptors (Lipinski definition) is 2. The molecule has 0 spiro atoms. The third-order valence-corrected chi connectivity index (χ3v) is 5.20. The number of piperidine rings is 1. The Kier molecular flexibility index (Phi) is 16.8. The summed E-state index contributed by atoms with van der Waals surface area (Å²) in [5.41, 5.74) is 3.58. The first-order valence-electron chi connectivity index (χ1n) is 10.2. The molecule has 27 heavy (non-hydrogen) atoms. The number of benzene rings is 1. The van der Waals surface area contributed by atoms with Crippen molar-refractivity contribution >= 4 is 5.91 Å². The molecular formula is C23H40N2OY-2. The van der Waals surface area contributed by atoms with Crippen LogP contribution in [-0.4, -0.2) is 30.9 Å². The van der Waals surface area contributed by atoms with Crippen LogP contribution in [0.15, 0.2) is 18.2 Å². The maximum absolute atomic E-state index is 11.7. The first-order chi connectivity index (χ1) is 12.5. The summed E-state index contributed by atoms with van der Waals surface area (Å²) in [5.74, 6) is -0.0247. The minimum Gasteiger partial charge on any atom is -0.355 e. The van der Waals surface area contributed by atoms with Crippen LogP contribution in [0.5, 0.6) is 0 Å². The van der Waals surface area contributed by atoms with Crippen LogP contribution >= 0.6 is 0 Å². The van der Waals surface area contributed by atoms with E-state index in [9.17, 15) is 4.79 Å². The second-order valence-electron chi connectivity index (χ2n) is 6.50. The van der Waals surface area contributed by atoms with Crippen molar-refractivity contribution in [2.75, 3.05) is 20.1 Å². The zero-order valence-corrected chi connectivity index (χ0v) is 21.4. The van der Waals surface area contributed by atoms with Crippen LogP contribution in [0.4, 0.5) is 0 Å². The third-order valence-electron chi connectivity index (χ3n) is 5.20. The van der Waals surface area contributed by atoms with Crippen LogP contribution < -0.4 is 5.32 Å². The Bertz CT molecular complexity index is 517. The summed E-state index contributed by atoms with van der Waals surface area (Å²) in [6, 6.07) is 5.99. The molecule has 1 heterocycles. The SMILES string of the molecule is CC.CC.[CH2-]CC1(C[CH2-])CCN(Cc2ccc(C(=O)NC)cc2C)CC1.[Y]. The summed E-state index contributed by atoms with van der Waals surface area (Å²) in [5, 5.41) is 2.67. The second kappa shape index (κ2) is 15.7. The van der Waals surface area contributed by atoms with Gasteiger partial charge in [-0.05, 0) is 56.1 Å². The fourth-order valence-corrected chi connectivity index (χ4v) is 3.21. The van der Waals surface area contributed by atoms with Crippen LogP contribution in [0, 0.1) is 26.2 Å². The van der Waals surface area contributed by atoms with Gasteiger partial charge in [0, 0.05) is 51.9 Å². The summed E-state index contributed by atoms with van der Waals surface area (Å²) in [4.78, 5) is 14.2. The number of carbonyl (C=O) groups is 1. The van der Waals surface area contributed by atoms with Gasteiger partial charge in [0.25, 0.3) is 5.91 Å². The van der Waals surface area contributed by atoms with Crippen LogP contribution in [-0.2, 0) is 39.3 Å². The Morgan fingerprint density at radius 3 is 2.04 bits per heavy atom. The van der Waals surface area contributed by atoms with E-state index in [0.717, 1.165) is 38.0 Å². The predicted octanol–water partition coefficient (Wildman–Crippen LogP) is 5.44. The average molecular weight is 449 g/mol. The molecule has 1 radical (unpaired) electrons. The monoisotopic (exact) mass is 449 g/mol. The molecule has 1 fully saturated rings. The molecule has 0 aromatic heterocycles. The molecule has 1 aromatic rings. The van der Waals surface area contributed by atoms with Crippen molar-refractivity contribution < 1.29 is 37.5 Å². The molecule has 4 heteroatoms. The van der Waals surface area contributed by atoms with E-state index in [2.05, 4.69) is 37.1 Å². The van der Waals surface area contributed by atoms with Crippen LogP contribution in [0.2, 0.25) is 0 Å². The summed E-state index contributed by atoms with van der Waals surface area (Å²) < 4.78 is 0. The van der Waals surface area contributed by atoms with Gasteiger partial charge in [0.05, 0.1) is 0 Å². The molecule has 3 nitrogen and oxygen atoms in total. The Labute approximate surface area is 193 Å². The molecule has 1 aliphatic rings. The largest absolute Gasteiger partial charge is 0.355 e. The molecule has 1 N–H and O–H groups in total. The molecule has 1 saturated heterocycles. The zero-order valence-electron chi connectivity index (χ0n) is 18.5. The van der Waals surface area contributed by atoms with Gasteiger partial charge in [0.1, 0.15) is 0 Å². The number of likely N-dealkylation sites (tertiary alicyclic amines) is 1. The molecule has 0 atom stereocenters. The molecule has 0 unspecified atom stereocenters. The van der Waals surface area contributed by atoms with Gasteiger partial charge in [-0.15, -0.1) is 0 Å². The normalized spacial score (nSPS) is 15.3. The summed E-state index contributed by atoms with van der Waals surface area (Å²) in [6.07, 6.45) is 4.36. The molecule has 1 aliphatic heterocycles. The minimum absolute atomic E-state index is 0. The topological polar surface area (TPSA) is 32.3 Å². The number of hydrogen-bond donors (Lipinski definition) is 1. The molecular weight excluding hydrogens is 409 g/mol. The smallest absolute Gasteiger partial charge is 0.251 e. The van der Waals surface area contributed by atoms with Gasteiger partial charge in [-0.25, -0.2) is 0 Å². The summed E-state index contributed by atoms with van der Waals surface area (Å²) >= 11 is 0. The van der Waals surface area contributed by atoms with E-state index in [1.165, 1.54) is 24.0 Å². The van der Waals surface area contributed by atoms with E-state index in [-0.39, 0.29) is 38.6 Å². The fourth-order valence-electron chi connectivity index (χ4n) is 3.21. The first kappa shape index (κ1) is 29.0. The van der Waals surface area contributed by atoms with Crippen molar-refractivity contribution in [3.05, 3.63) is 48.7 Å². The first-order valence-corrected chi connectivity index (χ1v) is 10.2. The number of aryl methyl sites for hydroxylation is 1. The van der Waals surface area contributed by atoms with E-state index in [1.807, 2.05) is 39.8 Å². The fraction of sp³-hybridized carbons (Fsp3) is 0.609. The standard InChI is InChI=1S/C19H28N2O.2C2H6.Y/c1-5-19(6-2)9-11-21(12-10-19)14-17-8-7-16(13-15(17)3)18(22)20-4;2*1-2;/h7-8,13H,1-2,5-6,9-12,14H2,3-4H3,(H,20,22);2*1-2H3;/q-2;;;. The molecule has 1 aromatic carbocycles. The Hall–Kier alpha value is -0.246. The minimum atomic E-state index is -0.0247. The molecule has 1 amide bonds. The van der Waals surface area contributed by atoms with Gasteiger partial charge < -0.3 is 19.2 Å². The van der Waals surface area contributed by atoms with Gasteiger partial charge in [0.15, 0.2) is 0 Å². The molecule has 0 aliphatic carbocycles. The van der Waals surface area contributed by atoms with Gasteiger partial charge in [0.2, 0.25) is 0 Å². The van der Waals surface area contributed by atoms with Crippen LogP contribution in [0.1, 0.15) is 74.9 Å². The van der Waals surface area contributed by atoms with Crippen LogP contribution in [0.25, 0.3) is 0 Å². The van der Waals surface area contributed by atoms with Gasteiger partial charge >= 0.3 is 0 Å². The number of carbonyl (C=O) groups excluding carboxylic acids is 1. The van der Waals surface area contributed by atoms with E-state index in [1.54, 1.807) is 7.05 Å². The van der Waals surface area contributed by atoms with Crippen molar-refractivity contribution in [2.24, 2.45) is 5.41 Å². The Morgan fingerprint density at radius 2 is 1.63 bits per heavy atom. The van der Waals surface area contributed by atoms with E-state index in [0.29, 0.717) is 5.41 Å². The number of nitrogens with one attached hydrogen (secondary N) is 1. The van der Waals surface area contributed by atoms with Crippen molar-refractivity contribution in [2.45, 2.75) is 66.8 Å². The van der Waals surface area contributed by atoms with Gasteiger partial charge in [-0.3, -0.25) is 9.69 Å². The number of amides is 1. The number of rotatable bonds is 5. The van der Waals surface area contributed by atoms with E-state index >= 15 is 0 Å².